The molecule has 29 heavy (non-hydrogen) atoms. The first-order chi connectivity index (χ1) is 14.0. The highest BCUT2D eigenvalue weighted by Crippen LogP contribution is 2.33. The minimum atomic E-state index is -0.887. The van der Waals surface area contributed by atoms with E-state index in [4.69, 9.17) is 9.47 Å². The van der Waals surface area contributed by atoms with Crippen molar-refractivity contribution in [1.29, 1.82) is 0 Å². The van der Waals surface area contributed by atoms with Crippen LogP contribution in [0.2, 0.25) is 0 Å². The van der Waals surface area contributed by atoms with Crippen LogP contribution in [0.1, 0.15) is 6.92 Å². The van der Waals surface area contributed by atoms with Gasteiger partial charge >= 0.3 is 0 Å². The summed E-state index contributed by atoms with van der Waals surface area (Å²) in [4.78, 5) is 28.2. The normalized spacial score (nSPS) is 18.6. The Morgan fingerprint density at radius 1 is 1.31 bits per heavy atom. The molecule has 1 amide bonds. The highest BCUT2D eigenvalue weighted by atomic mass is 32.1. The largest absolute Gasteiger partial charge is 0.482 e. The van der Waals surface area contributed by atoms with E-state index in [-0.39, 0.29) is 5.69 Å². The minimum absolute atomic E-state index is 0.0170. The first-order valence-electron chi connectivity index (χ1n) is 8.87. The number of hydrogen-bond acceptors (Lipinski definition) is 6. The molecule has 4 rings (SSSR count). The van der Waals surface area contributed by atoms with Gasteiger partial charge in [0.2, 0.25) is 6.10 Å². The number of nitro groups is 1. The third kappa shape index (κ3) is 3.52. The summed E-state index contributed by atoms with van der Waals surface area (Å²) in [6.07, 6.45) is 0.280. The molecule has 1 aromatic heterocycles. The fourth-order valence-electron chi connectivity index (χ4n) is 3.11. The number of hydrogen-bond donors (Lipinski definition) is 0. The van der Waals surface area contributed by atoms with Gasteiger partial charge in [-0.2, -0.15) is 4.99 Å². The number of ether oxygens (including phenoxy) is 2. The summed E-state index contributed by atoms with van der Waals surface area (Å²) in [6, 6.07) is 11.7. The van der Waals surface area contributed by atoms with Gasteiger partial charge in [-0.05, 0) is 25.1 Å². The Morgan fingerprint density at radius 3 is 2.72 bits per heavy atom. The second-order valence-electron chi connectivity index (χ2n) is 6.45. The molecule has 1 aliphatic rings. The molecule has 0 N–H and O–H groups in total. The molecular formula is C20H17N3O5S. The van der Waals surface area contributed by atoms with E-state index in [1.807, 2.05) is 6.07 Å². The van der Waals surface area contributed by atoms with Crippen LogP contribution in [0.15, 0.2) is 60.1 Å². The van der Waals surface area contributed by atoms with Crippen molar-refractivity contribution in [1.82, 2.24) is 4.57 Å². The fraction of sp³-hybridized carbons (Fsp3) is 0.200. The molecule has 0 spiro atoms. The van der Waals surface area contributed by atoms with Gasteiger partial charge in [-0.3, -0.25) is 14.9 Å². The number of thiazole rings is 1. The standard InChI is InChI=1S/C20H17N3O5S/c1-3-10-22-14-9-8-13(23(25)26)11-17(14)29-20(22)21-19(24)18-12(2)27-15-6-4-5-7-16(15)28-18/h3-9,11-12,18H,1,10H2,2H3. The summed E-state index contributed by atoms with van der Waals surface area (Å²) in [5, 5.41) is 11.1. The van der Waals surface area contributed by atoms with Crippen molar-refractivity contribution in [2.75, 3.05) is 0 Å². The highest BCUT2D eigenvalue weighted by Gasteiger charge is 2.34. The third-order valence-electron chi connectivity index (χ3n) is 4.48. The van der Waals surface area contributed by atoms with E-state index in [1.54, 1.807) is 41.8 Å². The maximum absolute atomic E-state index is 12.9. The summed E-state index contributed by atoms with van der Waals surface area (Å²) in [5.41, 5.74) is 0.725. The SMILES string of the molecule is C=CCn1c(=NC(=O)C2Oc3ccccc3OC2C)sc2cc([N+](=O)[O-])ccc21. The molecule has 9 heteroatoms. The van der Waals surface area contributed by atoms with Crippen molar-refractivity contribution in [3.63, 3.8) is 0 Å². The van der Waals surface area contributed by atoms with Crippen molar-refractivity contribution in [3.05, 3.63) is 70.0 Å². The molecule has 0 radical (unpaired) electrons. The quantitative estimate of drug-likeness (QED) is 0.372. The Kier molecular flexibility index (Phi) is 4.89. The molecule has 0 aliphatic carbocycles. The summed E-state index contributed by atoms with van der Waals surface area (Å²) in [6.45, 7) is 5.90. The lowest BCUT2D eigenvalue weighted by molar-refractivity contribution is -0.384. The number of nitrogens with zero attached hydrogens (tertiary/aromatic N) is 3. The molecule has 2 atom stereocenters. The van der Waals surface area contributed by atoms with Gasteiger partial charge in [-0.15, -0.1) is 6.58 Å². The fourth-order valence-corrected chi connectivity index (χ4v) is 4.19. The molecule has 3 aromatic rings. The number of aromatic nitrogens is 1. The number of nitro benzene ring substituents is 1. The van der Waals surface area contributed by atoms with Crippen LogP contribution in [0, 0.1) is 10.1 Å². The molecule has 2 aromatic carbocycles. The number of non-ortho nitro benzene ring substituents is 1. The molecule has 8 nitrogen and oxygen atoms in total. The van der Waals surface area contributed by atoms with Crippen LogP contribution >= 0.6 is 11.3 Å². The van der Waals surface area contributed by atoms with E-state index in [0.29, 0.717) is 27.5 Å². The maximum atomic E-state index is 12.9. The number of fused-ring (bicyclic) bond motifs is 2. The first kappa shape index (κ1) is 18.9. The molecule has 0 bridgehead atoms. The first-order valence-corrected chi connectivity index (χ1v) is 9.69. The zero-order valence-corrected chi connectivity index (χ0v) is 16.3. The molecule has 2 heterocycles. The minimum Gasteiger partial charge on any atom is -0.482 e. The molecule has 148 valence electrons. The Bertz CT molecular complexity index is 1200. The van der Waals surface area contributed by atoms with E-state index < -0.39 is 23.0 Å². The zero-order chi connectivity index (χ0) is 20.5. The molecule has 2 unspecified atom stereocenters. The Morgan fingerprint density at radius 2 is 2.03 bits per heavy atom. The maximum Gasteiger partial charge on any atom is 0.293 e. The van der Waals surface area contributed by atoms with Gasteiger partial charge in [0.1, 0.15) is 6.10 Å². The van der Waals surface area contributed by atoms with E-state index in [2.05, 4.69) is 11.6 Å². The number of para-hydroxylation sites is 2. The topological polar surface area (TPSA) is 96.0 Å². The lowest BCUT2D eigenvalue weighted by atomic mass is 10.1. The molecule has 0 fully saturated rings. The Balaban J connectivity index is 1.75. The number of rotatable bonds is 4. The number of benzene rings is 2. The van der Waals surface area contributed by atoms with Gasteiger partial charge in [-0.25, -0.2) is 0 Å². The van der Waals surface area contributed by atoms with Crippen molar-refractivity contribution in [2.24, 2.45) is 4.99 Å². The summed E-state index contributed by atoms with van der Waals surface area (Å²) >= 11 is 1.20. The summed E-state index contributed by atoms with van der Waals surface area (Å²) in [5.74, 6) is 0.593. The summed E-state index contributed by atoms with van der Waals surface area (Å²) in [7, 11) is 0. The van der Waals surface area contributed by atoms with Crippen molar-refractivity contribution in [2.45, 2.75) is 25.7 Å². The van der Waals surface area contributed by atoms with Gasteiger partial charge in [0.05, 0.1) is 15.1 Å². The average molecular weight is 411 g/mol. The molecular weight excluding hydrogens is 394 g/mol. The lowest BCUT2D eigenvalue weighted by Crippen LogP contribution is -2.43. The number of amides is 1. The lowest BCUT2D eigenvalue weighted by Gasteiger charge is -2.29. The van der Waals surface area contributed by atoms with Gasteiger partial charge in [0.25, 0.3) is 11.6 Å². The predicted molar refractivity (Wildman–Crippen MR) is 108 cm³/mol. The van der Waals surface area contributed by atoms with Crippen molar-refractivity contribution < 1.29 is 19.2 Å². The highest BCUT2D eigenvalue weighted by molar-refractivity contribution is 7.16. The van der Waals surface area contributed by atoms with Crippen LogP contribution in [0.4, 0.5) is 5.69 Å². The van der Waals surface area contributed by atoms with Gasteiger partial charge in [0, 0.05) is 18.7 Å². The Labute approximate surface area is 169 Å². The van der Waals surface area contributed by atoms with Crippen LogP contribution in [-0.2, 0) is 11.3 Å². The van der Waals surface area contributed by atoms with Crippen molar-refractivity contribution >= 4 is 33.1 Å². The monoisotopic (exact) mass is 411 g/mol. The van der Waals surface area contributed by atoms with E-state index in [1.165, 1.54) is 23.5 Å². The van der Waals surface area contributed by atoms with Crippen LogP contribution in [-0.4, -0.2) is 27.6 Å². The smallest absolute Gasteiger partial charge is 0.293 e. The number of allylic oxidation sites excluding steroid dienone is 1. The number of carbonyl (C=O) groups is 1. The third-order valence-corrected chi connectivity index (χ3v) is 5.52. The predicted octanol–water partition coefficient (Wildman–Crippen LogP) is 3.45. The molecule has 0 saturated heterocycles. The van der Waals surface area contributed by atoms with Crippen LogP contribution < -0.4 is 14.3 Å². The molecule has 0 saturated carbocycles. The second kappa shape index (κ2) is 7.51. The number of carbonyl (C=O) groups excluding carboxylic acids is 1. The van der Waals surface area contributed by atoms with Crippen LogP contribution in [0.5, 0.6) is 11.5 Å². The average Bonchev–Trinajstić information content (AvgIpc) is 3.04. The second-order valence-corrected chi connectivity index (χ2v) is 7.46. The van der Waals surface area contributed by atoms with Crippen LogP contribution in [0.3, 0.4) is 0 Å². The Hall–Kier alpha value is -3.46. The van der Waals surface area contributed by atoms with Gasteiger partial charge in [0.15, 0.2) is 16.3 Å². The van der Waals surface area contributed by atoms with Crippen LogP contribution in [0.25, 0.3) is 10.2 Å². The zero-order valence-electron chi connectivity index (χ0n) is 15.5. The molecule has 1 aliphatic heterocycles. The van der Waals surface area contributed by atoms with Gasteiger partial charge < -0.3 is 14.0 Å². The van der Waals surface area contributed by atoms with Gasteiger partial charge in [-0.1, -0.05) is 29.5 Å². The van der Waals surface area contributed by atoms with E-state index in [0.717, 1.165) is 5.52 Å². The van der Waals surface area contributed by atoms with Crippen molar-refractivity contribution in [3.8, 4) is 11.5 Å². The van der Waals surface area contributed by atoms with E-state index in [9.17, 15) is 14.9 Å². The summed E-state index contributed by atoms with van der Waals surface area (Å²) < 4.78 is 14.0. The van der Waals surface area contributed by atoms with E-state index >= 15 is 0 Å².